The highest BCUT2D eigenvalue weighted by Gasteiger charge is 2.26. The minimum atomic E-state index is -3.64. The fourth-order valence-corrected chi connectivity index (χ4v) is 3.72. The molecule has 25 heavy (non-hydrogen) atoms. The summed E-state index contributed by atoms with van der Waals surface area (Å²) >= 11 is 0. The molecule has 3 rings (SSSR count). The Morgan fingerprint density at radius 3 is 2.52 bits per heavy atom. The lowest BCUT2D eigenvalue weighted by Gasteiger charge is -2.23. The van der Waals surface area contributed by atoms with Crippen molar-refractivity contribution in [1.82, 2.24) is 5.32 Å². The fourth-order valence-electron chi connectivity index (χ4n) is 3.21. The summed E-state index contributed by atoms with van der Waals surface area (Å²) in [6, 6.07) is 14.4. The van der Waals surface area contributed by atoms with Crippen molar-refractivity contribution in [3.8, 4) is 0 Å². The largest absolute Gasteiger partial charge is 0.316 e. The van der Waals surface area contributed by atoms with Gasteiger partial charge >= 0.3 is 0 Å². The van der Waals surface area contributed by atoms with Gasteiger partial charge in [0, 0.05) is 18.0 Å². The maximum atomic E-state index is 12.5. The molecular formula is C19H22N2O3S. The Balaban J connectivity index is 1.48. The van der Waals surface area contributed by atoms with Gasteiger partial charge in [0.15, 0.2) is 5.78 Å². The van der Waals surface area contributed by atoms with Crippen molar-refractivity contribution in [2.24, 2.45) is 11.1 Å². The monoisotopic (exact) mass is 358 g/mol. The van der Waals surface area contributed by atoms with Crippen LogP contribution in [-0.2, 0) is 22.9 Å². The average molecular weight is 358 g/mol. The number of rotatable bonds is 6. The summed E-state index contributed by atoms with van der Waals surface area (Å²) in [6.07, 6.45) is 2.59. The molecule has 0 aliphatic heterocycles. The second-order valence-corrected chi connectivity index (χ2v) is 7.96. The van der Waals surface area contributed by atoms with E-state index in [0.717, 1.165) is 42.5 Å². The molecule has 6 heteroatoms. The van der Waals surface area contributed by atoms with E-state index >= 15 is 0 Å². The van der Waals surface area contributed by atoms with Crippen LogP contribution in [0.2, 0.25) is 0 Å². The lowest BCUT2D eigenvalue weighted by atomic mass is 9.83. The Hall–Kier alpha value is -2.02. The first-order valence-corrected chi connectivity index (χ1v) is 9.94. The highest BCUT2D eigenvalue weighted by molar-refractivity contribution is 7.89. The zero-order valence-corrected chi connectivity index (χ0v) is 14.8. The number of aryl methyl sites for hydroxylation is 1. The maximum Gasteiger partial charge on any atom is 0.238 e. The van der Waals surface area contributed by atoms with Crippen LogP contribution >= 0.6 is 0 Å². The molecule has 0 radical (unpaired) electrons. The molecule has 0 spiro atoms. The molecule has 0 saturated carbocycles. The van der Waals surface area contributed by atoms with Crippen LogP contribution in [0.1, 0.15) is 27.9 Å². The molecule has 1 aliphatic rings. The number of hydrogen-bond acceptors (Lipinski definition) is 4. The fraction of sp³-hybridized carbons (Fsp3) is 0.316. The first kappa shape index (κ1) is 17.8. The number of ketones is 1. The number of fused-ring (bicyclic) bond motifs is 1. The summed E-state index contributed by atoms with van der Waals surface area (Å²) in [4.78, 5) is 12.6. The zero-order chi connectivity index (χ0) is 17.9. The number of carbonyl (C=O) groups is 1. The quantitative estimate of drug-likeness (QED) is 0.772. The molecule has 0 saturated heterocycles. The van der Waals surface area contributed by atoms with E-state index in [2.05, 4.69) is 5.32 Å². The molecular weight excluding hydrogens is 336 g/mol. The third kappa shape index (κ3) is 4.34. The van der Waals surface area contributed by atoms with E-state index in [1.54, 1.807) is 12.1 Å². The number of benzene rings is 2. The molecule has 1 unspecified atom stereocenters. The van der Waals surface area contributed by atoms with Gasteiger partial charge < -0.3 is 5.32 Å². The number of nitrogens with two attached hydrogens (primary N) is 1. The molecule has 0 aromatic heterocycles. The van der Waals surface area contributed by atoms with Crippen molar-refractivity contribution in [2.45, 2.75) is 24.2 Å². The van der Waals surface area contributed by atoms with Crippen LogP contribution in [0.5, 0.6) is 0 Å². The van der Waals surface area contributed by atoms with E-state index in [-0.39, 0.29) is 16.6 Å². The molecule has 2 aromatic rings. The van der Waals surface area contributed by atoms with Crippen LogP contribution in [0.4, 0.5) is 0 Å². The highest BCUT2D eigenvalue weighted by Crippen LogP contribution is 2.24. The second-order valence-electron chi connectivity index (χ2n) is 6.40. The Morgan fingerprint density at radius 1 is 1.08 bits per heavy atom. The van der Waals surface area contributed by atoms with Gasteiger partial charge in [-0.15, -0.1) is 0 Å². The molecule has 0 bridgehead atoms. The van der Waals surface area contributed by atoms with E-state index in [1.807, 2.05) is 24.3 Å². The van der Waals surface area contributed by atoms with Crippen LogP contribution in [0.25, 0.3) is 0 Å². The lowest BCUT2D eigenvalue weighted by Crippen LogP contribution is -2.33. The predicted molar refractivity (Wildman–Crippen MR) is 97.0 cm³/mol. The lowest BCUT2D eigenvalue weighted by molar-refractivity contribution is 0.0901. The number of hydrogen-bond donors (Lipinski definition) is 2. The molecule has 0 fully saturated rings. The number of sulfonamides is 1. The van der Waals surface area contributed by atoms with Crippen molar-refractivity contribution < 1.29 is 13.2 Å². The predicted octanol–water partition coefficient (Wildman–Crippen LogP) is 1.91. The number of primary sulfonamides is 1. The van der Waals surface area contributed by atoms with Gasteiger partial charge in [-0.2, -0.15) is 0 Å². The van der Waals surface area contributed by atoms with Crippen molar-refractivity contribution in [2.75, 3.05) is 13.1 Å². The molecule has 1 atom stereocenters. The molecule has 3 N–H and O–H groups in total. The van der Waals surface area contributed by atoms with Gasteiger partial charge in [-0.05, 0) is 49.1 Å². The van der Waals surface area contributed by atoms with Crippen LogP contribution < -0.4 is 10.5 Å². The summed E-state index contributed by atoms with van der Waals surface area (Å²) < 4.78 is 22.5. The van der Waals surface area contributed by atoms with Gasteiger partial charge in [-0.25, -0.2) is 13.6 Å². The third-order valence-corrected chi connectivity index (χ3v) is 5.58. The van der Waals surface area contributed by atoms with Gasteiger partial charge in [-0.1, -0.05) is 36.4 Å². The first-order valence-electron chi connectivity index (χ1n) is 8.40. The summed E-state index contributed by atoms with van der Waals surface area (Å²) in [5.74, 6) is 0.256. The molecule has 2 aromatic carbocycles. The van der Waals surface area contributed by atoms with Crippen molar-refractivity contribution in [1.29, 1.82) is 0 Å². The van der Waals surface area contributed by atoms with Gasteiger partial charge in [-0.3, -0.25) is 4.79 Å². The first-order chi connectivity index (χ1) is 11.9. The molecule has 132 valence electrons. The van der Waals surface area contributed by atoms with Crippen LogP contribution in [0.3, 0.4) is 0 Å². The normalized spacial score (nSPS) is 17.3. The minimum absolute atomic E-state index is 0.0275. The number of nitrogens with one attached hydrogen (secondary N) is 1. The molecule has 1 aliphatic carbocycles. The number of Topliss-reactive ketones (excluding diaryl/α,β-unsaturated/α-hetero) is 1. The van der Waals surface area contributed by atoms with Crippen LogP contribution in [-0.4, -0.2) is 27.3 Å². The van der Waals surface area contributed by atoms with E-state index < -0.39 is 10.0 Å². The van der Waals surface area contributed by atoms with E-state index in [1.165, 1.54) is 12.1 Å². The van der Waals surface area contributed by atoms with Crippen LogP contribution in [0.15, 0.2) is 53.4 Å². The van der Waals surface area contributed by atoms with Crippen molar-refractivity contribution in [3.05, 3.63) is 65.2 Å². The SMILES string of the molecule is NS(=O)(=O)c1ccc(CCNCC2CCc3ccccc3C2=O)cc1. The zero-order valence-electron chi connectivity index (χ0n) is 13.9. The van der Waals surface area contributed by atoms with Gasteiger partial charge in [0.25, 0.3) is 0 Å². The van der Waals surface area contributed by atoms with E-state index in [0.29, 0.717) is 6.54 Å². The van der Waals surface area contributed by atoms with Crippen LogP contribution in [0, 0.1) is 5.92 Å². The van der Waals surface area contributed by atoms with Crippen molar-refractivity contribution >= 4 is 15.8 Å². The second kappa shape index (κ2) is 7.47. The summed E-state index contributed by atoms with van der Waals surface area (Å²) in [7, 11) is -3.64. The molecule has 5 nitrogen and oxygen atoms in total. The summed E-state index contributed by atoms with van der Waals surface area (Å²) in [5, 5.41) is 8.43. The highest BCUT2D eigenvalue weighted by atomic mass is 32.2. The average Bonchev–Trinajstić information content (AvgIpc) is 2.60. The summed E-state index contributed by atoms with van der Waals surface area (Å²) in [5.41, 5.74) is 3.04. The number of carbonyl (C=O) groups excluding carboxylic acids is 1. The van der Waals surface area contributed by atoms with Gasteiger partial charge in [0.05, 0.1) is 4.90 Å². The summed E-state index contributed by atoms with van der Waals surface area (Å²) in [6.45, 7) is 1.41. The Labute approximate surface area is 148 Å². The topological polar surface area (TPSA) is 89.3 Å². The minimum Gasteiger partial charge on any atom is -0.316 e. The van der Waals surface area contributed by atoms with Gasteiger partial charge in [0.2, 0.25) is 10.0 Å². The standard InChI is InChI=1S/C19H22N2O3S/c20-25(23,24)17-9-5-14(6-10-17)11-12-21-13-16-8-7-15-3-1-2-4-18(15)19(16)22/h1-6,9-10,16,21H,7-8,11-13H2,(H2,20,23,24). The Kier molecular flexibility index (Phi) is 5.32. The van der Waals surface area contributed by atoms with E-state index in [4.69, 9.17) is 5.14 Å². The van der Waals surface area contributed by atoms with Crippen molar-refractivity contribution in [3.63, 3.8) is 0 Å². The Bertz CT molecular complexity index is 860. The smallest absolute Gasteiger partial charge is 0.238 e. The maximum absolute atomic E-state index is 12.5. The molecule has 0 heterocycles. The van der Waals surface area contributed by atoms with Gasteiger partial charge in [0.1, 0.15) is 0 Å². The third-order valence-electron chi connectivity index (χ3n) is 4.65. The Morgan fingerprint density at radius 2 is 1.80 bits per heavy atom. The van der Waals surface area contributed by atoms with E-state index in [9.17, 15) is 13.2 Å². The molecule has 0 amide bonds.